The zero-order chi connectivity index (χ0) is 32.9. The molecule has 3 heterocycles. The standard InChI is InChI=1S/C42H41N4O.Pt/c1-8-29-22-30(41(2,3)4)24-32(23-29)44-27-39(42(5,6)7)45(28-44)31-14-13-15-33(25-31)47-34-19-20-36-35-16-9-10-17-37(35)46(38(36)26-34)40-18-11-12-21-43-40;/h9-24,27-28H,8H2,1-7H3;/q-3;. The molecular formula is C42H41N4OPt-3. The molecule has 0 radical (unpaired) electrons. The number of fused-ring (bicyclic) bond motifs is 3. The van der Waals surface area contributed by atoms with Crippen LogP contribution in [0.25, 0.3) is 27.6 Å². The molecule has 0 unspecified atom stereocenters. The molecule has 248 valence electrons. The van der Waals surface area contributed by atoms with E-state index in [-0.39, 0.29) is 31.9 Å². The summed E-state index contributed by atoms with van der Waals surface area (Å²) in [6, 6.07) is 38.5. The van der Waals surface area contributed by atoms with Crippen LogP contribution in [0.5, 0.6) is 11.5 Å². The number of rotatable bonds is 6. The van der Waals surface area contributed by atoms with Crippen LogP contribution in [-0.2, 0) is 32.9 Å². The van der Waals surface area contributed by atoms with Crippen molar-refractivity contribution in [3.05, 3.63) is 139 Å². The average Bonchev–Trinajstić information content (AvgIpc) is 3.65. The quantitative estimate of drug-likeness (QED) is 0.157. The molecule has 0 saturated carbocycles. The average molecular weight is 813 g/mol. The minimum Gasteiger partial charge on any atom is -0.509 e. The van der Waals surface area contributed by atoms with Gasteiger partial charge in [0.05, 0.1) is 0 Å². The van der Waals surface area contributed by atoms with Crippen molar-refractivity contribution in [1.29, 1.82) is 0 Å². The van der Waals surface area contributed by atoms with Crippen LogP contribution in [0, 0.1) is 24.2 Å². The van der Waals surface area contributed by atoms with E-state index in [4.69, 9.17) is 4.74 Å². The maximum Gasteiger partial charge on any atom is 0.135 e. The van der Waals surface area contributed by atoms with Gasteiger partial charge in [-0.3, -0.25) is 0 Å². The zero-order valence-electron chi connectivity index (χ0n) is 28.6. The van der Waals surface area contributed by atoms with Crippen molar-refractivity contribution >= 4 is 33.2 Å². The van der Waals surface area contributed by atoms with Crippen molar-refractivity contribution in [3.8, 4) is 17.3 Å². The van der Waals surface area contributed by atoms with E-state index < -0.39 is 0 Å². The summed E-state index contributed by atoms with van der Waals surface area (Å²) in [6.07, 6.45) is 5.06. The monoisotopic (exact) mass is 812 g/mol. The summed E-state index contributed by atoms with van der Waals surface area (Å²) in [7, 11) is 0. The first-order chi connectivity index (χ1) is 22.5. The molecule has 5 nitrogen and oxygen atoms in total. The number of allylic oxidation sites excluding steroid dienone is 1. The Morgan fingerprint density at radius 3 is 2.27 bits per heavy atom. The van der Waals surface area contributed by atoms with Gasteiger partial charge in [0.15, 0.2) is 0 Å². The van der Waals surface area contributed by atoms with Gasteiger partial charge in [-0.1, -0.05) is 84.3 Å². The first-order valence-electron chi connectivity index (χ1n) is 16.4. The second kappa shape index (κ2) is 12.9. The van der Waals surface area contributed by atoms with Crippen molar-refractivity contribution in [2.24, 2.45) is 5.41 Å². The predicted octanol–water partition coefficient (Wildman–Crippen LogP) is 10.8. The first kappa shape index (κ1) is 33.6. The second-order valence-electron chi connectivity index (χ2n) is 14.3. The fraction of sp³-hybridized carbons (Fsp3) is 0.238. The Labute approximate surface area is 299 Å². The molecule has 0 amide bonds. The number of benzene rings is 4. The van der Waals surface area contributed by atoms with Crippen LogP contribution in [-0.4, -0.2) is 9.55 Å². The Balaban J connectivity index is 0.00000401. The van der Waals surface area contributed by atoms with Crippen molar-refractivity contribution in [3.63, 3.8) is 0 Å². The molecule has 1 aliphatic heterocycles. The minimum atomic E-state index is -0.108. The minimum absolute atomic E-state index is 0. The van der Waals surface area contributed by atoms with Crippen molar-refractivity contribution in [2.75, 3.05) is 9.80 Å². The van der Waals surface area contributed by atoms with E-state index in [1.165, 1.54) is 16.8 Å². The predicted molar refractivity (Wildman–Crippen MR) is 194 cm³/mol. The number of pyridine rings is 1. The van der Waals surface area contributed by atoms with Crippen LogP contribution < -0.4 is 14.5 Å². The van der Waals surface area contributed by atoms with E-state index in [2.05, 4.69) is 147 Å². The van der Waals surface area contributed by atoms with E-state index >= 15 is 0 Å². The van der Waals surface area contributed by atoms with Crippen molar-refractivity contribution in [2.45, 2.75) is 60.3 Å². The summed E-state index contributed by atoms with van der Waals surface area (Å²) in [6.45, 7) is 17.9. The molecule has 0 N–H and O–H groups in total. The van der Waals surface area contributed by atoms with Crippen LogP contribution in [0.3, 0.4) is 0 Å². The van der Waals surface area contributed by atoms with Crippen LogP contribution in [0.2, 0.25) is 0 Å². The van der Waals surface area contributed by atoms with Gasteiger partial charge in [-0.05, 0) is 64.9 Å². The number of ether oxygens (including phenoxy) is 1. The van der Waals surface area contributed by atoms with Crippen molar-refractivity contribution in [1.82, 2.24) is 9.55 Å². The number of aromatic nitrogens is 2. The van der Waals surface area contributed by atoms with Crippen LogP contribution in [0.4, 0.5) is 11.4 Å². The summed E-state index contributed by atoms with van der Waals surface area (Å²) in [4.78, 5) is 9.12. The zero-order valence-corrected chi connectivity index (χ0v) is 30.9. The second-order valence-corrected chi connectivity index (χ2v) is 14.3. The molecule has 0 saturated heterocycles. The third-order valence-electron chi connectivity index (χ3n) is 8.75. The molecular weight excluding hydrogens is 772 g/mol. The third-order valence-corrected chi connectivity index (χ3v) is 8.75. The molecule has 0 spiro atoms. The van der Waals surface area contributed by atoms with Gasteiger partial charge in [-0.15, -0.1) is 48.1 Å². The first-order valence-corrected chi connectivity index (χ1v) is 16.4. The summed E-state index contributed by atoms with van der Waals surface area (Å²) in [5, 5.41) is 2.25. The van der Waals surface area contributed by atoms with E-state index in [0.717, 1.165) is 45.4 Å². The van der Waals surface area contributed by atoms with E-state index in [9.17, 15) is 0 Å². The Morgan fingerprint density at radius 1 is 0.771 bits per heavy atom. The molecule has 48 heavy (non-hydrogen) atoms. The number of anilines is 2. The smallest absolute Gasteiger partial charge is 0.135 e. The molecule has 0 aliphatic carbocycles. The molecule has 0 fully saturated rings. The summed E-state index contributed by atoms with van der Waals surface area (Å²) < 4.78 is 8.61. The number of hydrogen-bond donors (Lipinski definition) is 0. The molecule has 7 rings (SSSR count). The van der Waals surface area contributed by atoms with E-state index in [0.29, 0.717) is 11.5 Å². The van der Waals surface area contributed by atoms with Gasteiger partial charge in [0, 0.05) is 61.1 Å². The molecule has 6 aromatic rings. The van der Waals surface area contributed by atoms with Gasteiger partial charge >= 0.3 is 0 Å². The van der Waals surface area contributed by atoms with Gasteiger partial charge in [-0.2, -0.15) is 12.1 Å². The Hall–Kier alpha value is -4.34. The molecule has 1 aliphatic rings. The Kier molecular flexibility index (Phi) is 9.04. The molecule has 0 bridgehead atoms. The number of para-hydroxylation sites is 1. The maximum absolute atomic E-state index is 6.47. The van der Waals surface area contributed by atoms with Gasteiger partial charge in [0.1, 0.15) is 5.82 Å². The molecule has 4 aromatic carbocycles. The largest absolute Gasteiger partial charge is 0.509 e. The number of aryl methyl sites for hydroxylation is 1. The SMILES string of the molecule is CCc1cc(N2C=C(C(C)(C)C)N(c3[c-]c(Oc4[c-]c5c(cc4)c4ccccc4n5-c4ccccn4)ccc3)[CH-]2)cc(C(C)(C)C)c1.[Pt]. The van der Waals surface area contributed by atoms with Crippen molar-refractivity contribution < 1.29 is 25.8 Å². The fourth-order valence-corrected chi connectivity index (χ4v) is 6.17. The Morgan fingerprint density at radius 2 is 1.54 bits per heavy atom. The van der Waals surface area contributed by atoms with E-state index in [1.807, 2.05) is 42.6 Å². The normalized spacial score (nSPS) is 13.6. The molecule has 0 atom stereocenters. The molecule has 6 heteroatoms. The summed E-state index contributed by atoms with van der Waals surface area (Å²) >= 11 is 0. The van der Waals surface area contributed by atoms with Crippen LogP contribution >= 0.6 is 0 Å². The van der Waals surface area contributed by atoms with E-state index in [1.54, 1.807) is 0 Å². The third kappa shape index (κ3) is 6.41. The summed E-state index contributed by atoms with van der Waals surface area (Å²) in [5.41, 5.74) is 7.88. The van der Waals surface area contributed by atoms with Gasteiger partial charge in [-0.25, -0.2) is 4.98 Å². The summed E-state index contributed by atoms with van der Waals surface area (Å²) in [5.74, 6) is 2.09. The fourth-order valence-electron chi connectivity index (χ4n) is 6.17. The van der Waals surface area contributed by atoms with Gasteiger partial charge in [0.2, 0.25) is 0 Å². The Bertz CT molecular complexity index is 2120. The molecule has 2 aromatic heterocycles. The van der Waals surface area contributed by atoms with Crippen LogP contribution in [0.15, 0.2) is 109 Å². The number of hydrogen-bond acceptors (Lipinski definition) is 4. The number of nitrogens with zero attached hydrogens (tertiary/aromatic N) is 4. The van der Waals surface area contributed by atoms with Crippen LogP contribution in [0.1, 0.15) is 59.6 Å². The van der Waals surface area contributed by atoms with Gasteiger partial charge < -0.3 is 19.1 Å². The van der Waals surface area contributed by atoms with Gasteiger partial charge in [0.25, 0.3) is 0 Å². The topological polar surface area (TPSA) is 33.5 Å². The maximum atomic E-state index is 6.47.